The Balaban J connectivity index is 1.74. The number of hydrogen-bond acceptors (Lipinski definition) is 5. The lowest BCUT2D eigenvalue weighted by molar-refractivity contribution is -0.117. The van der Waals surface area contributed by atoms with Crippen LogP contribution in [0.2, 0.25) is 5.15 Å². The minimum atomic E-state index is -0.862. The lowest BCUT2D eigenvalue weighted by atomic mass is 10.1. The highest BCUT2D eigenvalue weighted by Crippen LogP contribution is 2.21. The zero-order chi connectivity index (χ0) is 18.8. The summed E-state index contributed by atoms with van der Waals surface area (Å²) in [5.41, 5.74) is 0.418. The Morgan fingerprint density at radius 1 is 1.27 bits per heavy atom. The quantitative estimate of drug-likeness (QED) is 0.682. The number of pyridine rings is 1. The molecule has 0 radical (unpaired) electrons. The largest absolute Gasteiger partial charge is 0.360 e. The molecule has 2 heterocycles. The summed E-state index contributed by atoms with van der Waals surface area (Å²) in [6, 6.07) is 6.16. The first-order chi connectivity index (χ1) is 12.3. The van der Waals surface area contributed by atoms with Crippen molar-refractivity contribution in [1.29, 1.82) is 0 Å². The van der Waals surface area contributed by atoms with Crippen LogP contribution >= 0.6 is 11.6 Å². The van der Waals surface area contributed by atoms with Gasteiger partial charge in [0.2, 0.25) is 5.91 Å². The number of benzene rings is 1. The monoisotopic (exact) mass is 376 g/mol. The van der Waals surface area contributed by atoms with Crippen molar-refractivity contribution in [3.05, 3.63) is 52.6 Å². The Kier molecular flexibility index (Phi) is 4.85. The maximum atomic E-state index is 13.3. The molecule has 2 amide bonds. The number of carbonyl (C=O) groups is 2. The van der Waals surface area contributed by atoms with Gasteiger partial charge < -0.3 is 15.2 Å². The van der Waals surface area contributed by atoms with Crippen LogP contribution in [-0.4, -0.2) is 28.0 Å². The molecule has 134 valence electrons. The Morgan fingerprint density at radius 2 is 2.04 bits per heavy atom. The molecule has 9 heteroatoms. The fourth-order valence-corrected chi connectivity index (χ4v) is 2.51. The number of nitrogens with zero attached hydrogens (tertiary/aromatic N) is 2. The van der Waals surface area contributed by atoms with Crippen LogP contribution in [0, 0.1) is 12.7 Å². The van der Waals surface area contributed by atoms with Gasteiger partial charge in [0, 0.05) is 17.5 Å². The van der Waals surface area contributed by atoms with Crippen LogP contribution in [0.3, 0.4) is 0 Å². The van der Waals surface area contributed by atoms with E-state index in [2.05, 4.69) is 20.8 Å². The molecule has 2 N–H and O–H groups in total. The molecule has 3 aromatic rings. The lowest BCUT2D eigenvalue weighted by Crippen LogP contribution is -2.41. The highest BCUT2D eigenvalue weighted by molar-refractivity contribution is 6.33. The van der Waals surface area contributed by atoms with Crippen LogP contribution in [0.4, 0.5) is 10.2 Å². The molecule has 1 atom stereocenters. The van der Waals surface area contributed by atoms with Gasteiger partial charge in [0.05, 0.1) is 11.1 Å². The van der Waals surface area contributed by atoms with Crippen LogP contribution in [0.5, 0.6) is 0 Å². The molecule has 0 spiro atoms. The summed E-state index contributed by atoms with van der Waals surface area (Å²) in [4.78, 5) is 28.6. The molecular weight excluding hydrogens is 363 g/mol. The number of carbonyl (C=O) groups excluding carboxylic acids is 2. The van der Waals surface area contributed by atoms with Crippen LogP contribution in [0.1, 0.15) is 23.0 Å². The second-order valence-corrected chi connectivity index (χ2v) is 6.03. The Hall–Kier alpha value is -3.00. The molecule has 0 aliphatic rings. The highest BCUT2D eigenvalue weighted by Gasteiger charge is 2.20. The molecule has 0 unspecified atom stereocenters. The first-order valence-electron chi connectivity index (χ1n) is 7.64. The van der Waals surface area contributed by atoms with Gasteiger partial charge in [-0.3, -0.25) is 9.59 Å². The highest BCUT2D eigenvalue weighted by atomic mass is 35.5. The fourth-order valence-electron chi connectivity index (χ4n) is 2.28. The van der Waals surface area contributed by atoms with Crippen LogP contribution in [0.15, 0.2) is 34.9 Å². The first kappa shape index (κ1) is 17.8. The molecule has 0 aliphatic heterocycles. The van der Waals surface area contributed by atoms with Crippen molar-refractivity contribution in [3.8, 4) is 0 Å². The molecule has 0 bridgehead atoms. The van der Waals surface area contributed by atoms with Crippen LogP contribution < -0.4 is 10.6 Å². The van der Waals surface area contributed by atoms with Crippen molar-refractivity contribution in [2.75, 3.05) is 5.32 Å². The van der Waals surface area contributed by atoms with E-state index < -0.39 is 23.7 Å². The zero-order valence-corrected chi connectivity index (χ0v) is 14.6. The molecule has 7 nitrogen and oxygen atoms in total. The van der Waals surface area contributed by atoms with E-state index in [-0.39, 0.29) is 16.5 Å². The van der Waals surface area contributed by atoms with E-state index >= 15 is 0 Å². The summed E-state index contributed by atoms with van der Waals surface area (Å²) in [5, 5.41) is 9.17. The number of fused-ring (bicyclic) bond motifs is 1. The van der Waals surface area contributed by atoms with Gasteiger partial charge in [-0.2, -0.15) is 0 Å². The summed E-state index contributed by atoms with van der Waals surface area (Å²) in [7, 11) is 0. The lowest BCUT2D eigenvalue weighted by Gasteiger charge is -2.13. The average molecular weight is 377 g/mol. The Bertz CT molecular complexity index is 1000. The number of nitrogens with one attached hydrogen (secondary N) is 2. The predicted molar refractivity (Wildman–Crippen MR) is 93.5 cm³/mol. The standard InChI is InChI=1S/C17H14ClFN4O3/c1-8-5-14(23-26-8)22-16(24)9(2)20-17(25)12-6-10-3-4-11(19)7-13(10)21-15(12)18/h3-7,9H,1-2H3,(H,20,25)(H,22,23,24)/t9-/m0/s1. The van der Waals surface area contributed by atoms with Gasteiger partial charge in [-0.15, -0.1) is 0 Å². The molecular formula is C17H14ClFN4O3. The van der Waals surface area contributed by atoms with E-state index in [1.54, 1.807) is 13.0 Å². The van der Waals surface area contributed by atoms with Gasteiger partial charge in [-0.25, -0.2) is 9.37 Å². The smallest absolute Gasteiger partial charge is 0.255 e. The maximum Gasteiger partial charge on any atom is 0.255 e. The van der Waals surface area contributed by atoms with Gasteiger partial charge in [0.25, 0.3) is 5.91 Å². The van der Waals surface area contributed by atoms with E-state index in [1.165, 1.54) is 31.2 Å². The zero-order valence-electron chi connectivity index (χ0n) is 13.8. The van der Waals surface area contributed by atoms with Gasteiger partial charge in [0.1, 0.15) is 22.8 Å². The van der Waals surface area contributed by atoms with Gasteiger partial charge in [0.15, 0.2) is 5.82 Å². The minimum absolute atomic E-state index is 0.0830. The summed E-state index contributed by atoms with van der Waals surface area (Å²) < 4.78 is 18.1. The summed E-state index contributed by atoms with van der Waals surface area (Å²) in [5.74, 6) is -0.707. The number of aromatic nitrogens is 2. The van der Waals surface area contributed by atoms with Crippen molar-refractivity contribution < 1.29 is 18.5 Å². The Morgan fingerprint density at radius 3 is 2.73 bits per heavy atom. The minimum Gasteiger partial charge on any atom is -0.360 e. The summed E-state index contributed by atoms with van der Waals surface area (Å²) >= 11 is 6.03. The van der Waals surface area contributed by atoms with E-state index in [9.17, 15) is 14.0 Å². The molecule has 1 aromatic carbocycles. The number of amides is 2. The normalized spacial score (nSPS) is 12.0. The number of halogens is 2. The van der Waals surface area contributed by atoms with Gasteiger partial charge >= 0.3 is 0 Å². The molecule has 0 fully saturated rings. The van der Waals surface area contributed by atoms with Crippen molar-refractivity contribution >= 4 is 40.1 Å². The topological polar surface area (TPSA) is 97.1 Å². The molecule has 0 aliphatic carbocycles. The third kappa shape index (κ3) is 3.80. The maximum absolute atomic E-state index is 13.3. The number of hydrogen-bond donors (Lipinski definition) is 2. The fraction of sp³-hybridized carbons (Fsp3) is 0.176. The molecule has 0 saturated heterocycles. The third-order valence-corrected chi connectivity index (χ3v) is 3.89. The number of aryl methyl sites for hydroxylation is 1. The summed E-state index contributed by atoms with van der Waals surface area (Å²) in [6.45, 7) is 3.20. The van der Waals surface area contributed by atoms with Crippen molar-refractivity contribution in [3.63, 3.8) is 0 Å². The summed E-state index contributed by atoms with van der Waals surface area (Å²) in [6.07, 6.45) is 0. The molecule has 0 saturated carbocycles. The van der Waals surface area contributed by atoms with Gasteiger partial charge in [-0.1, -0.05) is 16.8 Å². The SMILES string of the molecule is Cc1cc(NC(=O)[C@H](C)NC(=O)c2cc3ccc(F)cc3nc2Cl)no1. The molecule has 3 rings (SSSR count). The second-order valence-electron chi connectivity index (χ2n) is 5.67. The van der Waals surface area contributed by atoms with E-state index in [1.807, 2.05) is 0 Å². The van der Waals surface area contributed by atoms with Crippen LogP contribution in [0.25, 0.3) is 10.9 Å². The molecule has 2 aromatic heterocycles. The van der Waals surface area contributed by atoms with E-state index in [4.69, 9.17) is 16.1 Å². The van der Waals surface area contributed by atoms with E-state index in [0.717, 1.165) is 0 Å². The first-order valence-corrected chi connectivity index (χ1v) is 8.02. The van der Waals surface area contributed by atoms with E-state index in [0.29, 0.717) is 16.7 Å². The number of anilines is 1. The van der Waals surface area contributed by atoms with Crippen molar-refractivity contribution in [2.24, 2.45) is 0 Å². The van der Waals surface area contributed by atoms with Gasteiger partial charge in [-0.05, 0) is 32.0 Å². The third-order valence-electron chi connectivity index (χ3n) is 3.60. The average Bonchev–Trinajstić information content (AvgIpc) is 2.98. The number of rotatable bonds is 4. The molecule has 26 heavy (non-hydrogen) atoms. The second kappa shape index (κ2) is 7.09. The Labute approximate surface area is 152 Å². The van der Waals surface area contributed by atoms with Crippen molar-refractivity contribution in [1.82, 2.24) is 15.5 Å². The predicted octanol–water partition coefficient (Wildman–Crippen LogP) is 3.08. The van der Waals surface area contributed by atoms with Crippen molar-refractivity contribution in [2.45, 2.75) is 19.9 Å². The van der Waals surface area contributed by atoms with Crippen LogP contribution in [-0.2, 0) is 4.79 Å².